The van der Waals surface area contributed by atoms with Gasteiger partial charge in [0.15, 0.2) is 0 Å². The van der Waals surface area contributed by atoms with Crippen molar-refractivity contribution in [3.63, 3.8) is 0 Å². The zero-order valence-electron chi connectivity index (χ0n) is 17.3. The molecule has 0 aromatic heterocycles. The number of carbonyl (C=O) groups excluding carboxylic acids is 2. The van der Waals surface area contributed by atoms with Crippen LogP contribution < -0.4 is 25.4 Å². The van der Waals surface area contributed by atoms with Crippen LogP contribution in [0.25, 0.3) is 0 Å². The molecule has 2 aliphatic rings. The molecular formula is C22H24ClN3O4. The zero-order valence-corrected chi connectivity index (χ0v) is 18.0. The Balaban J connectivity index is 1.75. The Kier molecular flexibility index (Phi) is 5.11. The van der Waals surface area contributed by atoms with Crippen LogP contribution in [0.4, 0.5) is 11.4 Å². The molecule has 1 fully saturated rings. The number of halogens is 1. The van der Waals surface area contributed by atoms with Crippen LogP contribution in [0.15, 0.2) is 30.3 Å². The minimum absolute atomic E-state index is 0.0380. The summed E-state index contributed by atoms with van der Waals surface area (Å²) in [7, 11) is 3.08. The second kappa shape index (κ2) is 7.49. The minimum atomic E-state index is -1.18. The summed E-state index contributed by atoms with van der Waals surface area (Å²) in [6.07, 6.45) is 0.497. The molecule has 4 rings (SSSR count). The van der Waals surface area contributed by atoms with Crippen LogP contribution in [0, 0.1) is 12.8 Å². The summed E-state index contributed by atoms with van der Waals surface area (Å²) in [4.78, 5) is 26.7. The maximum atomic E-state index is 13.5. The number of rotatable bonds is 4. The van der Waals surface area contributed by atoms with E-state index < -0.39 is 11.5 Å². The highest BCUT2D eigenvalue weighted by Gasteiger charge is 2.59. The quantitative estimate of drug-likeness (QED) is 0.692. The van der Waals surface area contributed by atoms with Crippen molar-refractivity contribution in [2.24, 2.45) is 5.92 Å². The van der Waals surface area contributed by atoms with Crippen molar-refractivity contribution in [1.82, 2.24) is 5.32 Å². The normalized spacial score (nSPS) is 24.5. The topological polar surface area (TPSA) is 88.7 Å². The summed E-state index contributed by atoms with van der Waals surface area (Å²) in [5, 5.41) is 9.78. The molecule has 158 valence electrons. The number of ether oxygens (including phenoxy) is 2. The van der Waals surface area contributed by atoms with E-state index in [0.29, 0.717) is 39.9 Å². The fourth-order valence-electron chi connectivity index (χ4n) is 4.56. The molecule has 2 aromatic carbocycles. The van der Waals surface area contributed by atoms with Crippen molar-refractivity contribution in [3.05, 3.63) is 46.5 Å². The average Bonchev–Trinajstić information content (AvgIpc) is 3.20. The SMILES string of the molecule is COc1ccc(OC)c(NC(=O)C2CC(C)NC23C(=O)Nc2c(C)cc(Cl)cc23)c1. The number of hydrogen-bond acceptors (Lipinski definition) is 5. The molecule has 2 heterocycles. The Morgan fingerprint density at radius 2 is 2.00 bits per heavy atom. The molecule has 3 N–H and O–H groups in total. The lowest BCUT2D eigenvalue weighted by Crippen LogP contribution is -2.52. The number of anilines is 2. The first-order valence-corrected chi connectivity index (χ1v) is 10.1. The van der Waals surface area contributed by atoms with Crippen LogP contribution >= 0.6 is 11.6 Å². The number of aryl methyl sites for hydroxylation is 1. The Morgan fingerprint density at radius 3 is 2.70 bits per heavy atom. The smallest absolute Gasteiger partial charge is 0.250 e. The largest absolute Gasteiger partial charge is 0.497 e. The zero-order chi connectivity index (χ0) is 21.6. The predicted molar refractivity (Wildman–Crippen MR) is 115 cm³/mol. The molecule has 1 saturated heterocycles. The number of methoxy groups -OCH3 is 2. The van der Waals surface area contributed by atoms with E-state index >= 15 is 0 Å². The third-order valence-corrected chi connectivity index (χ3v) is 6.11. The number of benzene rings is 2. The van der Waals surface area contributed by atoms with Gasteiger partial charge in [-0.2, -0.15) is 0 Å². The van der Waals surface area contributed by atoms with Gasteiger partial charge in [0.1, 0.15) is 17.0 Å². The van der Waals surface area contributed by atoms with Crippen molar-refractivity contribution in [3.8, 4) is 11.5 Å². The molecule has 1 spiro atoms. The summed E-state index contributed by atoms with van der Waals surface area (Å²) in [5.74, 6) is -0.0658. The Morgan fingerprint density at radius 1 is 1.23 bits per heavy atom. The summed E-state index contributed by atoms with van der Waals surface area (Å²) in [6, 6.07) is 8.69. The summed E-state index contributed by atoms with van der Waals surface area (Å²) < 4.78 is 10.6. The second-order valence-electron chi connectivity index (χ2n) is 7.80. The number of hydrogen-bond donors (Lipinski definition) is 3. The molecule has 2 amide bonds. The maximum Gasteiger partial charge on any atom is 0.250 e. The number of fused-ring (bicyclic) bond motifs is 2. The Bertz CT molecular complexity index is 1040. The number of amides is 2. The van der Waals surface area contributed by atoms with Crippen LogP contribution in [-0.2, 0) is 15.1 Å². The molecule has 30 heavy (non-hydrogen) atoms. The molecule has 0 bridgehead atoms. The van der Waals surface area contributed by atoms with Crippen molar-refractivity contribution >= 4 is 34.8 Å². The van der Waals surface area contributed by atoms with Crippen LogP contribution in [0.2, 0.25) is 5.02 Å². The highest BCUT2D eigenvalue weighted by molar-refractivity contribution is 6.31. The van der Waals surface area contributed by atoms with E-state index in [1.54, 1.807) is 37.4 Å². The van der Waals surface area contributed by atoms with Crippen molar-refractivity contribution in [2.75, 3.05) is 24.9 Å². The molecule has 2 aliphatic heterocycles. The van der Waals surface area contributed by atoms with Gasteiger partial charge in [0.05, 0.1) is 25.8 Å². The van der Waals surface area contributed by atoms with Gasteiger partial charge in [0.2, 0.25) is 11.8 Å². The fraction of sp³-hybridized carbons (Fsp3) is 0.364. The van der Waals surface area contributed by atoms with E-state index in [2.05, 4.69) is 16.0 Å². The molecule has 8 heteroatoms. The van der Waals surface area contributed by atoms with E-state index in [4.69, 9.17) is 21.1 Å². The standard InChI is InChI=1S/C22H24ClN3O4/c1-11-7-13(23)9-15-19(11)25-21(28)22(15)16(8-12(2)26-22)20(27)24-17-10-14(29-3)5-6-18(17)30-4/h5-7,9-10,12,16,26H,8H2,1-4H3,(H,24,27)(H,25,28). The van der Waals surface area contributed by atoms with E-state index in [-0.39, 0.29) is 17.9 Å². The molecular weight excluding hydrogens is 406 g/mol. The molecule has 0 aliphatic carbocycles. The third kappa shape index (κ3) is 3.09. The highest BCUT2D eigenvalue weighted by atomic mass is 35.5. The number of carbonyl (C=O) groups is 2. The van der Waals surface area contributed by atoms with Gasteiger partial charge in [-0.25, -0.2) is 0 Å². The fourth-order valence-corrected chi connectivity index (χ4v) is 4.83. The first-order chi connectivity index (χ1) is 14.3. The monoisotopic (exact) mass is 429 g/mol. The van der Waals surface area contributed by atoms with Crippen LogP contribution in [0.3, 0.4) is 0 Å². The highest BCUT2D eigenvalue weighted by Crippen LogP contribution is 2.49. The lowest BCUT2D eigenvalue weighted by atomic mass is 9.79. The van der Waals surface area contributed by atoms with Gasteiger partial charge in [0, 0.05) is 28.4 Å². The molecule has 2 aromatic rings. The van der Waals surface area contributed by atoms with Crippen LogP contribution in [-0.4, -0.2) is 32.1 Å². The second-order valence-corrected chi connectivity index (χ2v) is 8.23. The van der Waals surface area contributed by atoms with Gasteiger partial charge in [0.25, 0.3) is 0 Å². The van der Waals surface area contributed by atoms with Gasteiger partial charge < -0.3 is 20.1 Å². The van der Waals surface area contributed by atoms with E-state index in [1.165, 1.54) is 7.11 Å². The van der Waals surface area contributed by atoms with Crippen LogP contribution in [0.5, 0.6) is 11.5 Å². The first-order valence-electron chi connectivity index (χ1n) is 9.72. The molecule has 0 radical (unpaired) electrons. The molecule has 7 nitrogen and oxygen atoms in total. The summed E-state index contributed by atoms with van der Waals surface area (Å²) in [5.41, 5.74) is 1.58. The van der Waals surface area contributed by atoms with Gasteiger partial charge in [-0.15, -0.1) is 0 Å². The summed E-state index contributed by atoms with van der Waals surface area (Å²) >= 11 is 6.31. The van der Waals surface area contributed by atoms with Crippen LogP contribution in [0.1, 0.15) is 24.5 Å². The van der Waals surface area contributed by atoms with E-state index in [1.807, 2.05) is 13.8 Å². The van der Waals surface area contributed by atoms with Gasteiger partial charge in [-0.1, -0.05) is 11.6 Å². The average molecular weight is 430 g/mol. The molecule has 3 atom stereocenters. The van der Waals surface area contributed by atoms with Gasteiger partial charge in [-0.3, -0.25) is 14.9 Å². The van der Waals surface area contributed by atoms with Gasteiger partial charge in [-0.05, 0) is 50.1 Å². The first kappa shape index (κ1) is 20.5. The summed E-state index contributed by atoms with van der Waals surface area (Å²) in [6.45, 7) is 3.85. The van der Waals surface area contributed by atoms with E-state index in [9.17, 15) is 9.59 Å². The third-order valence-electron chi connectivity index (χ3n) is 5.89. The van der Waals surface area contributed by atoms with Gasteiger partial charge >= 0.3 is 0 Å². The lowest BCUT2D eigenvalue weighted by Gasteiger charge is -2.29. The Labute approximate surface area is 180 Å². The predicted octanol–water partition coefficient (Wildman–Crippen LogP) is 3.45. The maximum absolute atomic E-state index is 13.5. The minimum Gasteiger partial charge on any atom is -0.497 e. The lowest BCUT2D eigenvalue weighted by molar-refractivity contribution is -0.130. The molecule has 3 unspecified atom stereocenters. The van der Waals surface area contributed by atoms with Crippen molar-refractivity contribution in [1.29, 1.82) is 0 Å². The van der Waals surface area contributed by atoms with Crippen molar-refractivity contribution < 1.29 is 19.1 Å². The Hall–Kier alpha value is -2.77. The molecule has 0 saturated carbocycles. The number of nitrogens with one attached hydrogen (secondary N) is 3. The van der Waals surface area contributed by atoms with E-state index in [0.717, 1.165) is 5.56 Å². The van der Waals surface area contributed by atoms with Crippen molar-refractivity contribution in [2.45, 2.75) is 31.8 Å².